The summed E-state index contributed by atoms with van der Waals surface area (Å²) in [6.45, 7) is 3.74. The van der Waals surface area contributed by atoms with Crippen molar-refractivity contribution in [2.45, 2.75) is 19.9 Å². The van der Waals surface area contributed by atoms with Crippen LogP contribution in [-0.2, 0) is 13.0 Å². The molecule has 3 heteroatoms. The molecule has 3 rings (SSSR count). The Kier molecular flexibility index (Phi) is 3.47. The van der Waals surface area contributed by atoms with E-state index in [0.717, 1.165) is 35.5 Å². The fraction of sp³-hybridized carbons (Fsp3) is 0.250. The van der Waals surface area contributed by atoms with E-state index in [1.54, 1.807) is 0 Å². The van der Waals surface area contributed by atoms with E-state index in [0.29, 0.717) is 0 Å². The number of ether oxygens (including phenoxy) is 1. The van der Waals surface area contributed by atoms with Gasteiger partial charge in [-0.15, -0.1) is 0 Å². The van der Waals surface area contributed by atoms with Crippen LogP contribution in [0.1, 0.15) is 16.7 Å². The molecule has 19 heavy (non-hydrogen) atoms. The van der Waals surface area contributed by atoms with Gasteiger partial charge < -0.3 is 10.1 Å². The van der Waals surface area contributed by atoms with Crippen LogP contribution in [-0.4, -0.2) is 6.61 Å². The van der Waals surface area contributed by atoms with Gasteiger partial charge in [0.2, 0.25) is 0 Å². The van der Waals surface area contributed by atoms with Crippen molar-refractivity contribution >= 4 is 21.6 Å². The second-order valence-electron chi connectivity index (χ2n) is 4.86. The van der Waals surface area contributed by atoms with Crippen molar-refractivity contribution in [3.8, 4) is 5.75 Å². The van der Waals surface area contributed by atoms with Crippen LogP contribution in [0.5, 0.6) is 5.75 Å². The monoisotopic (exact) mass is 317 g/mol. The number of hydrogen-bond acceptors (Lipinski definition) is 2. The minimum atomic E-state index is 0.817. The first-order valence-electron chi connectivity index (χ1n) is 6.47. The van der Waals surface area contributed by atoms with Crippen LogP contribution < -0.4 is 10.1 Å². The fourth-order valence-electron chi connectivity index (χ4n) is 2.26. The Morgan fingerprint density at radius 2 is 2.11 bits per heavy atom. The molecular formula is C16H16BrNO. The summed E-state index contributed by atoms with van der Waals surface area (Å²) in [6, 6.07) is 12.8. The Labute approximate surface area is 121 Å². The summed E-state index contributed by atoms with van der Waals surface area (Å²) < 4.78 is 6.66. The highest BCUT2D eigenvalue weighted by atomic mass is 79.9. The summed E-state index contributed by atoms with van der Waals surface area (Å²) >= 11 is 3.56. The summed E-state index contributed by atoms with van der Waals surface area (Å²) in [6.07, 6.45) is 1.03. The van der Waals surface area contributed by atoms with E-state index in [9.17, 15) is 0 Å². The molecule has 1 N–H and O–H groups in total. The lowest BCUT2D eigenvalue weighted by atomic mass is 10.1. The van der Waals surface area contributed by atoms with E-state index in [1.807, 2.05) is 0 Å². The quantitative estimate of drug-likeness (QED) is 0.911. The van der Waals surface area contributed by atoms with Gasteiger partial charge in [0.05, 0.1) is 6.61 Å². The van der Waals surface area contributed by atoms with Crippen molar-refractivity contribution in [2.75, 3.05) is 11.9 Å². The van der Waals surface area contributed by atoms with Gasteiger partial charge in [-0.3, -0.25) is 0 Å². The van der Waals surface area contributed by atoms with Gasteiger partial charge in [-0.05, 0) is 41.8 Å². The molecule has 0 radical (unpaired) electrons. The van der Waals surface area contributed by atoms with Crippen molar-refractivity contribution < 1.29 is 4.74 Å². The van der Waals surface area contributed by atoms with Gasteiger partial charge in [0, 0.05) is 23.1 Å². The maximum atomic E-state index is 5.52. The first-order chi connectivity index (χ1) is 9.22. The molecule has 1 aliphatic rings. The van der Waals surface area contributed by atoms with Crippen LogP contribution in [0.4, 0.5) is 5.69 Å². The van der Waals surface area contributed by atoms with Gasteiger partial charge >= 0.3 is 0 Å². The van der Waals surface area contributed by atoms with E-state index < -0.39 is 0 Å². The average molecular weight is 318 g/mol. The molecule has 0 fully saturated rings. The molecule has 2 nitrogen and oxygen atoms in total. The van der Waals surface area contributed by atoms with Crippen molar-refractivity contribution in [1.82, 2.24) is 0 Å². The molecule has 0 atom stereocenters. The lowest BCUT2D eigenvalue weighted by molar-refractivity contribution is 0.357. The van der Waals surface area contributed by atoms with Gasteiger partial charge in [-0.25, -0.2) is 0 Å². The molecular weight excluding hydrogens is 302 g/mol. The standard InChI is InChI=1S/C16H16BrNO/c1-11-2-4-14(9-15(11)17)18-10-12-3-5-16-13(8-12)6-7-19-16/h2-5,8-9,18H,6-7,10H2,1H3. The van der Waals surface area contributed by atoms with Crippen molar-refractivity contribution in [1.29, 1.82) is 0 Å². The Balaban J connectivity index is 1.70. The molecule has 1 heterocycles. The number of rotatable bonds is 3. The summed E-state index contributed by atoms with van der Waals surface area (Å²) in [5.41, 5.74) is 5.00. The molecule has 0 spiro atoms. The lowest BCUT2D eigenvalue weighted by Gasteiger charge is -2.09. The average Bonchev–Trinajstić information content (AvgIpc) is 2.87. The van der Waals surface area contributed by atoms with Crippen LogP contribution in [0, 0.1) is 6.92 Å². The summed E-state index contributed by atoms with van der Waals surface area (Å²) in [4.78, 5) is 0. The first kappa shape index (κ1) is 12.5. The Morgan fingerprint density at radius 1 is 1.21 bits per heavy atom. The summed E-state index contributed by atoms with van der Waals surface area (Å²) in [5, 5.41) is 3.45. The highest BCUT2D eigenvalue weighted by molar-refractivity contribution is 9.10. The highest BCUT2D eigenvalue weighted by Gasteiger charge is 2.11. The van der Waals surface area contributed by atoms with Gasteiger partial charge in [-0.2, -0.15) is 0 Å². The maximum Gasteiger partial charge on any atom is 0.122 e. The predicted octanol–water partition coefficient (Wildman–Crippen LogP) is 4.30. The van der Waals surface area contributed by atoms with Crippen LogP contribution in [0.3, 0.4) is 0 Å². The zero-order chi connectivity index (χ0) is 13.2. The normalized spacial score (nSPS) is 12.9. The minimum Gasteiger partial charge on any atom is -0.493 e. The van der Waals surface area contributed by atoms with Crippen molar-refractivity contribution in [3.63, 3.8) is 0 Å². The second kappa shape index (κ2) is 5.25. The van der Waals surface area contributed by atoms with Gasteiger partial charge in [0.1, 0.15) is 5.75 Å². The third kappa shape index (κ3) is 2.76. The Bertz CT molecular complexity index is 610. The van der Waals surface area contributed by atoms with E-state index >= 15 is 0 Å². The van der Waals surface area contributed by atoms with E-state index in [-0.39, 0.29) is 0 Å². The number of anilines is 1. The van der Waals surface area contributed by atoms with Crippen LogP contribution in [0.15, 0.2) is 40.9 Å². The molecule has 0 aliphatic carbocycles. The van der Waals surface area contributed by atoms with Crippen molar-refractivity contribution in [2.24, 2.45) is 0 Å². The molecule has 98 valence electrons. The van der Waals surface area contributed by atoms with Gasteiger partial charge in [-0.1, -0.05) is 34.1 Å². The van der Waals surface area contributed by atoms with E-state index in [1.165, 1.54) is 16.7 Å². The third-order valence-corrected chi connectivity index (χ3v) is 4.28. The number of hydrogen-bond donors (Lipinski definition) is 1. The van der Waals surface area contributed by atoms with Gasteiger partial charge in [0.25, 0.3) is 0 Å². The minimum absolute atomic E-state index is 0.817. The molecule has 0 aromatic heterocycles. The van der Waals surface area contributed by atoms with Gasteiger partial charge in [0.15, 0.2) is 0 Å². The number of aryl methyl sites for hydroxylation is 1. The highest BCUT2D eigenvalue weighted by Crippen LogP contribution is 2.26. The smallest absolute Gasteiger partial charge is 0.122 e. The molecule has 0 saturated heterocycles. The van der Waals surface area contributed by atoms with Crippen LogP contribution >= 0.6 is 15.9 Å². The number of halogens is 1. The lowest BCUT2D eigenvalue weighted by Crippen LogP contribution is -1.99. The number of nitrogens with one attached hydrogen (secondary N) is 1. The Morgan fingerprint density at radius 3 is 2.95 bits per heavy atom. The zero-order valence-corrected chi connectivity index (χ0v) is 12.5. The molecule has 1 aliphatic heterocycles. The molecule has 2 aromatic carbocycles. The van der Waals surface area contributed by atoms with Crippen LogP contribution in [0.2, 0.25) is 0 Å². The molecule has 0 saturated carbocycles. The summed E-state index contributed by atoms with van der Waals surface area (Å²) in [5.74, 6) is 1.04. The molecule has 0 bridgehead atoms. The van der Waals surface area contributed by atoms with E-state index in [2.05, 4.69) is 64.6 Å². The second-order valence-corrected chi connectivity index (χ2v) is 5.71. The number of benzene rings is 2. The topological polar surface area (TPSA) is 21.3 Å². The molecule has 2 aromatic rings. The maximum absolute atomic E-state index is 5.52. The predicted molar refractivity (Wildman–Crippen MR) is 81.8 cm³/mol. The fourth-order valence-corrected chi connectivity index (χ4v) is 2.64. The van der Waals surface area contributed by atoms with Crippen LogP contribution in [0.25, 0.3) is 0 Å². The molecule has 0 amide bonds. The number of fused-ring (bicyclic) bond motifs is 1. The SMILES string of the molecule is Cc1ccc(NCc2ccc3c(c2)CCO3)cc1Br. The zero-order valence-electron chi connectivity index (χ0n) is 10.9. The van der Waals surface area contributed by atoms with E-state index in [4.69, 9.17) is 4.74 Å². The first-order valence-corrected chi connectivity index (χ1v) is 7.26. The summed E-state index contributed by atoms with van der Waals surface area (Å²) in [7, 11) is 0. The largest absolute Gasteiger partial charge is 0.493 e. The van der Waals surface area contributed by atoms with Crippen molar-refractivity contribution in [3.05, 3.63) is 57.6 Å². The molecule has 0 unspecified atom stereocenters. The Hall–Kier alpha value is -1.48. The third-order valence-electron chi connectivity index (χ3n) is 3.42.